The number of hydrogen-bond acceptors (Lipinski definition) is 2. The number of rotatable bonds is 2. The number of amides is 1. The molecule has 1 saturated heterocycles. The predicted molar refractivity (Wildman–Crippen MR) is 60.8 cm³/mol. The summed E-state index contributed by atoms with van der Waals surface area (Å²) >= 11 is 0. The van der Waals surface area contributed by atoms with Crippen LogP contribution in [-0.4, -0.2) is 23.1 Å². The standard InChI is InChI=1S/C13H14FNO2/c1-9(11-4-2-3-5-12(11)14)15-7-6-10(16)8-13(15)17/h2-5,9H,6-8H2,1H3. The van der Waals surface area contributed by atoms with E-state index in [2.05, 4.69) is 0 Å². The molecule has 0 aromatic heterocycles. The molecule has 2 rings (SSSR count). The molecule has 0 radical (unpaired) electrons. The number of Topliss-reactive ketones (excluding diaryl/α,β-unsaturated/α-hetero) is 1. The fraction of sp³-hybridized carbons (Fsp3) is 0.385. The summed E-state index contributed by atoms with van der Waals surface area (Å²) in [5.74, 6) is -0.561. The minimum absolute atomic E-state index is 0.0352. The van der Waals surface area contributed by atoms with Crippen molar-refractivity contribution in [1.82, 2.24) is 4.90 Å². The van der Waals surface area contributed by atoms with Crippen LogP contribution in [0.4, 0.5) is 4.39 Å². The highest BCUT2D eigenvalue weighted by molar-refractivity contribution is 6.00. The highest BCUT2D eigenvalue weighted by Gasteiger charge is 2.29. The Morgan fingerprint density at radius 3 is 2.65 bits per heavy atom. The van der Waals surface area contributed by atoms with Gasteiger partial charge in [-0.05, 0) is 13.0 Å². The lowest BCUT2D eigenvalue weighted by Crippen LogP contribution is -2.40. The molecule has 0 saturated carbocycles. The van der Waals surface area contributed by atoms with Crippen molar-refractivity contribution in [2.45, 2.75) is 25.8 Å². The van der Waals surface area contributed by atoms with E-state index in [9.17, 15) is 14.0 Å². The van der Waals surface area contributed by atoms with Crippen LogP contribution in [-0.2, 0) is 9.59 Å². The summed E-state index contributed by atoms with van der Waals surface area (Å²) in [6.07, 6.45) is 0.309. The van der Waals surface area contributed by atoms with Crippen LogP contribution in [0.25, 0.3) is 0 Å². The number of benzene rings is 1. The molecule has 90 valence electrons. The quantitative estimate of drug-likeness (QED) is 0.736. The minimum atomic E-state index is -0.322. The maximum absolute atomic E-state index is 13.6. The third-order valence-corrected chi connectivity index (χ3v) is 3.12. The third kappa shape index (κ3) is 2.35. The maximum Gasteiger partial charge on any atom is 0.230 e. The zero-order valence-electron chi connectivity index (χ0n) is 9.65. The van der Waals surface area contributed by atoms with Gasteiger partial charge in [-0.15, -0.1) is 0 Å². The summed E-state index contributed by atoms with van der Waals surface area (Å²) in [6.45, 7) is 2.17. The monoisotopic (exact) mass is 235 g/mol. The second-order valence-electron chi connectivity index (χ2n) is 4.25. The van der Waals surface area contributed by atoms with E-state index in [4.69, 9.17) is 0 Å². The average molecular weight is 235 g/mol. The summed E-state index contributed by atoms with van der Waals surface area (Å²) in [6, 6.07) is 6.09. The Hall–Kier alpha value is -1.71. The molecule has 1 fully saturated rings. The molecule has 1 amide bonds. The van der Waals surface area contributed by atoms with Crippen molar-refractivity contribution < 1.29 is 14.0 Å². The van der Waals surface area contributed by atoms with Gasteiger partial charge in [0.1, 0.15) is 11.6 Å². The molecule has 1 atom stereocenters. The van der Waals surface area contributed by atoms with Crippen LogP contribution in [0.5, 0.6) is 0 Å². The third-order valence-electron chi connectivity index (χ3n) is 3.12. The van der Waals surface area contributed by atoms with E-state index in [1.807, 2.05) is 0 Å². The topological polar surface area (TPSA) is 37.4 Å². The average Bonchev–Trinajstić information content (AvgIpc) is 2.29. The number of ketones is 1. The summed E-state index contributed by atoms with van der Waals surface area (Å²) in [4.78, 5) is 24.4. The molecule has 0 aliphatic carbocycles. The molecule has 1 heterocycles. The van der Waals surface area contributed by atoms with Gasteiger partial charge < -0.3 is 4.90 Å². The van der Waals surface area contributed by atoms with Crippen LogP contribution >= 0.6 is 0 Å². The van der Waals surface area contributed by atoms with E-state index >= 15 is 0 Å². The van der Waals surface area contributed by atoms with E-state index in [1.165, 1.54) is 6.07 Å². The number of piperidine rings is 1. The smallest absolute Gasteiger partial charge is 0.230 e. The van der Waals surface area contributed by atoms with Gasteiger partial charge in [0.15, 0.2) is 0 Å². The fourth-order valence-corrected chi connectivity index (χ4v) is 2.12. The number of nitrogens with zero attached hydrogens (tertiary/aromatic N) is 1. The first-order valence-corrected chi connectivity index (χ1v) is 5.65. The van der Waals surface area contributed by atoms with Crippen molar-refractivity contribution >= 4 is 11.7 Å². The Kier molecular flexibility index (Phi) is 3.22. The maximum atomic E-state index is 13.6. The van der Waals surface area contributed by atoms with Crippen LogP contribution in [0.15, 0.2) is 24.3 Å². The number of halogens is 1. The normalized spacial score (nSPS) is 18.4. The van der Waals surface area contributed by atoms with Crippen molar-refractivity contribution in [3.63, 3.8) is 0 Å². The molecule has 1 aliphatic rings. The molecule has 0 spiro atoms. The van der Waals surface area contributed by atoms with E-state index in [1.54, 1.807) is 30.0 Å². The molecular formula is C13H14FNO2. The summed E-state index contributed by atoms with van der Waals surface area (Å²) in [7, 11) is 0. The second kappa shape index (κ2) is 4.65. The fourth-order valence-electron chi connectivity index (χ4n) is 2.12. The zero-order valence-corrected chi connectivity index (χ0v) is 9.65. The highest BCUT2D eigenvalue weighted by Crippen LogP contribution is 2.25. The molecule has 0 N–H and O–H groups in total. The Labute approximate surface area is 99.2 Å². The molecule has 1 aliphatic heterocycles. The van der Waals surface area contributed by atoms with Crippen molar-refractivity contribution in [3.05, 3.63) is 35.6 Å². The Morgan fingerprint density at radius 2 is 2.00 bits per heavy atom. The second-order valence-corrected chi connectivity index (χ2v) is 4.25. The van der Waals surface area contributed by atoms with Gasteiger partial charge in [-0.1, -0.05) is 18.2 Å². The first-order valence-electron chi connectivity index (χ1n) is 5.65. The predicted octanol–water partition coefficient (Wildman–Crippen LogP) is 2.08. The van der Waals surface area contributed by atoms with Crippen molar-refractivity contribution in [2.24, 2.45) is 0 Å². The Bertz CT molecular complexity index is 458. The SMILES string of the molecule is CC(c1ccccc1F)N1CCC(=O)CC1=O. The number of likely N-dealkylation sites (tertiary alicyclic amines) is 1. The molecular weight excluding hydrogens is 221 g/mol. The van der Waals surface area contributed by atoms with Gasteiger partial charge in [0.25, 0.3) is 0 Å². The van der Waals surface area contributed by atoms with Crippen LogP contribution in [0.3, 0.4) is 0 Å². The first-order chi connectivity index (χ1) is 8.09. The van der Waals surface area contributed by atoms with Crippen LogP contribution in [0.1, 0.15) is 31.4 Å². The molecule has 3 nitrogen and oxygen atoms in total. The van der Waals surface area contributed by atoms with Crippen molar-refractivity contribution in [3.8, 4) is 0 Å². The van der Waals surface area contributed by atoms with Crippen LogP contribution in [0.2, 0.25) is 0 Å². The van der Waals surface area contributed by atoms with Crippen LogP contribution < -0.4 is 0 Å². The minimum Gasteiger partial charge on any atom is -0.335 e. The Morgan fingerprint density at radius 1 is 1.29 bits per heavy atom. The van der Waals surface area contributed by atoms with Gasteiger partial charge in [-0.25, -0.2) is 4.39 Å². The number of hydrogen-bond donors (Lipinski definition) is 0. The van der Waals surface area contributed by atoms with Crippen molar-refractivity contribution in [2.75, 3.05) is 6.54 Å². The van der Waals surface area contributed by atoms with Gasteiger partial charge in [0.05, 0.1) is 12.5 Å². The van der Waals surface area contributed by atoms with E-state index < -0.39 is 0 Å². The molecule has 1 aromatic rings. The Balaban J connectivity index is 2.20. The largest absolute Gasteiger partial charge is 0.335 e. The van der Waals surface area contributed by atoms with Gasteiger partial charge >= 0.3 is 0 Å². The summed E-state index contributed by atoms with van der Waals surface area (Å²) < 4.78 is 13.6. The molecule has 0 bridgehead atoms. The van der Waals surface area contributed by atoms with Gasteiger partial charge in [0, 0.05) is 18.5 Å². The van der Waals surface area contributed by atoms with E-state index in [0.29, 0.717) is 18.5 Å². The molecule has 1 unspecified atom stereocenters. The number of carbonyl (C=O) groups excluding carboxylic acids is 2. The van der Waals surface area contributed by atoms with E-state index in [-0.39, 0.29) is 30.0 Å². The highest BCUT2D eigenvalue weighted by atomic mass is 19.1. The molecule has 17 heavy (non-hydrogen) atoms. The van der Waals surface area contributed by atoms with Gasteiger partial charge in [0.2, 0.25) is 5.91 Å². The van der Waals surface area contributed by atoms with Crippen LogP contribution in [0, 0.1) is 5.82 Å². The summed E-state index contributed by atoms with van der Waals surface area (Å²) in [5.41, 5.74) is 0.496. The zero-order chi connectivity index (χ0) is 12.4. The lowest BCUT2D eigenvalue weighted by molar-refractivity contribution is -0.141. The first kappa shape index (κ1) is 11.8. The lowest BCUT2D eigenvalue weighted by atomic mass is 10.0. The van der Waals surface area contributed by atoms with Crippen molar-refractivity contribution in [1.29, 1.82) is 0 Å². The summed E-state index contributed by atoms with van der Waals surface area (Å²) in [5, 5.41) is 0. The van der Waals surface area contributed by atoms with Gasteiger partial charge in [-0.2, -0.15) is 0 Å². The van der Waals surface area contributed by atoms with Gasteiger partial charge in [-0.3, -0.25) is 9.59 Å². The van der Waals surface area contributed by atoms with E-state index in [0.717, 1.165) is 0 Å². The molecule has 4 heteroatoms. The number of carbonyl (C=O) groups is 2. The molecule has 1 aromatic carbocycles. The lowest BCUT2D eigenvalue weighted by Gasteiger charge is -2.32.